The van der Waals surface area contributed by atoms with E-state index >= 15 is 4.39 Å². The molecule has 1 aliphatic heterocycles. The van der Waals surface area contributed by atoms with Crippen molar-refractivity contribution < 1.29 is 38.2 Å². The average Bonchev–Trinajstić information content (AvgIpc) is 3.40. The zero-order valence-corrected chi connectivity index (χ0v) is 24.5. The molecule has 1 unspecified atom stereocenters. The molecule has 0 saturated carbocycles. The molecule has 2 heterocycles. The molecule has 44 heavy (non-hydrogen) atoms. The second-order valence-electron chi connectivity index (χ2n) is 10.5. The van der Waals surface area contributed by atoms with Gasteiger partial charge in [0.15, 0.2) is 11.6 Å². The molecular weight excluding hydrogens is 593 g/mol. The fraction of sp³-hybridized carbons (Fsp3) is 0.250. The third-order valence-corrected chi connectivity index (χ3v) is 7.85. The molecule has 1 saturated heterocycles. The highest BCUT2D eigenvalue weighted by atomic mass is 35.5. The van der Waals surface area contributed by atoms with Crippen LogP contribution in [0.1, 0.15) is 58.0 Å². The van der Waals surface area contributed by atoms with Gasteiger partial charge in [-0.05, 0) is 37.0 Å². The summed E-state index contributed by atoms with van der Waals surface area (Å²) in [6, 6.07) is 18.9. The van der Waals surface area contributed by atoms with Crippen molar-refractivity contribution in [1.82, 2.24) is 10.0 Å². The Hall–Kier alpha value is -4.74. The molecular formula is C32H29ClFN3O7. The highest BCUT2D eigenvalue weighted by molar-refractivity contribution is 6.36. The van der Waals surface area contributed by atoms with E-state index in [1.807, 2.05) is 6.07 Å². The fourth-order valence-corrected chi connectivity index (χ4v) is 5.85. The molecule has 1 amide bonds. The van der Waals surface area contributed by atoms with Crippen molar-refractivity contribution in [2.75, 3.05) is 11.4 Å². The van der Waals surface area contributed by atoms with E-state index < -0.39 is 29.7 Å². The Morgan fingerprint density at radius 1 is 1.02 bits per heavy atom. The number of hydroxylamine groups is 1. The van der Waals surface area contributed by atoms with E-state index in [4.69, 9.17) is 21.1 Å². The quantitative estimate of drug-likeness (QED) is 0.0574. The maximum atomic E-state index is 17.2. The first-order valence-corrected chi connectivity index (χ1v) is 14.3. The molecule has 1 aliphatic rings. The molecule has 2 N–H and O–H groups in total. The van der Waals surface area contributed by atoms with Crippen LogP contribution in [0.5, 0.6) is 0 Å². The van der Waals surface area contributed by atoms with Gasteiger partial charge in [-0.25, -0.2) is 19.5 Å². The zero-order chi connectivity index (χ0) is 31.4. The van der Waals surface area contributed by atoms with Crippen LogP contribution in [0, 0.1) is 0 Å². The highest BCUT2D eigenvalue weighted by Gasteiger charge is 2.43. The third-order valence-electron chi connectivity index (χ3n) is 7.56. The van der Waals surface area contributed by atoms with E-state index in [2.05, 4.69) is 0 Å². The van der Waals surface area contributed by atoms with Gasteiger partial charge in [0.05, 0.1) is 21.8 Å². The Labute approximate surface area is 256 Å². The molecule has 0 aliphatic carbocycles. The number of benzene rings is 3. The topological polar surface area (TPSA) is 127 Å². The fourth-order valence-electron chi connectivity index (χ4n) is 5.57. The molecule has 1 fully saturated rings. The van der Waals surface area contributed by atoms with E-state index in [0.29, 0.717) is 24.0 Å². The number of carbonyl (C=O) groups excluding carboxylic acids is 4. The molecule has 4 aromatic rings. The molecule has 1 atom stereocenters. The van der Waals surface area contributed by atoms with E-state index in [0.717, 1.165) is 10.8 Å². The molecule has 0 bridgehead atoms. The van der Waals surface area contributed by atoms with Crippen molar-refractivity contribution in [3.05, 3.63) is 100 Å². The van der Waals surface area contributed by atoms with Gasteiger partial charge in [-0.3, -0.25) is 19.4 Å². The van der Waals surface area contributed by atoms with Crippen molar-refractivity contribution in [3.63, 3.8) is 0 Å². The number of hydrogen-bond donors (Lipinski definition) is 2. The molecule has 5 rings (SSSR count). The number of rotatable bonds is 7. The van der Waals surface area contributed by atoms with Crippen molar-refractivity contribution in [2.45, 2.75) is 45.0 Å². The highest BCUT2D eigenvalue weighted by Crippen LogP contribution is 2.46. The van der Waals surface area contributed by atoms with Crippen LogP contribution in [-0.2, 0) is 22.5 Å². The number of ether oxygens (including phenoxy) is 2. The number of anilines is 1. The Morgan fingerprint density at radius 3 is 2.32 bits per heavy atom. The second-order valence-corrected chi connectivity index (χ2v) is 10.9. The second kappa shape index (κ2) is 12.9. The van der Waals surface area contributed by atoms with Gasteiger partial charge in [0.25, 0.3) is 5.91 Å². The summed E-state index contributed by atoms with van der Waals surface area (Å²) in [7, 11) is 0. The van der Waals surface area contributed by atoms with E-state index in [1.54, 1.807) is 60.1 Å². The summed E-state index contributed by atoms with van der Waals surface area (Å²) >= 11 is 6.58. The molecule has 0 radical (unpaired) electrons. The molecule has 1 aromatic heterocycles. The predicted molar refractivity (Wildman–Crippen MR) is 160 cm³/mol. The van der Waals surface area contributed by atoms with Gasteiger partial charge < -0.3 is 14.4 Å². The number of carbonyl (C=O) groups is 4. The lowest BCUT2D eigenvalue weighted by Crippen LogP contribution is -2.51. The van der Waals surface area contributed by atoms with Crippen molar-refractivity contribution in [3.8, 4) is 0 Å². The number of aromatic nitrogens is 1. The summed E-state index contributed by atoms with van der Waals surface area (Å²) in [5.41, 5.74) is 2.51. The number of Topliss-reactive ketones (excluding diaryl/α,β-unsaturated/α-hetero) is 1. The van der Waals surface area contributed by atoms with Gasteiger partial charge in [-0.1, -0.05) is 72.3 Å². The number of nitrogens with one attached hydrogen (secondary N) is 1. The van der Waals surface area contributed by atoms with Crippen LogP contribution in [-0.4, -0.2) is 46.1 Å². The van der Waals surface area contributed by atoms with Crippen LogP contribution in [0.2, 0.25) is 5.02 Å². The summed E-state index contributed by atoms with van der Waals surface area (Å²) in [5, 5.41) is 9.41. The minimum atomic E-state index is -2.03. The average molecular weight is 622 g/mol. The standard InChI is InChI=1S/C32H29ClFN3O7/c1-20(38)23-18-36(30(40)44-31(41)43-19-22-12-6-3-7-13-22)25-16-24(33)27(29(39)35-42)28(26(23)25)37-15-9-8-14-32(37,34)17-21-10-4-2-5-11-21/h2-7,10-13,16,18,42H,8-9,14-15,17,19H2,1H3,(H,35,39). The van der Waals surface area contributed by atoms with Gasteiger partial charge >= 0.3 is 12.2 Å². The minimum Gasteiger partial charge on any atom is -0.429 e. The number of piperidine rings is 1. The van der Waals surface area contributed by atoms with Crippen LogP contribution in [0.4, 0.5) is 19.7 Å². The molecule has 0 spiro atoms. The third kappa shape index (κ3) is 6.15. The smallest absolute Gasteiger partial charge is 0.429 e. The Morgan fingerprint density at radius 2 is 1.68 bits per heavy atom. The first-order valence-electron chi connectivity index (χ1n) is 13.9. The van der Waals surface area contributed by atoms with Crippen LogP contribution in [0.3, 0.4) is 0 Å². The lowest BCUT2D eigenvalue weighted by molar-refractivity contribution is 0.0697. The zero-order valence-electron chi connectivity index (χ0n) is 23.7. The Kier molecular flexibility index (Phi) is 8.98. The Balaban J connectivity index is 1.62. The van der Waals surface area contributed by atoms with Gasteiger partial charge in [-0.2, -0.15) is 0 Å². The van der Waals surface area contributed by atoms with Crippen LogP contribution >= 0.6 is 11.6 Å². The van der Waals surface area contributed by atoms with E-state index in [-0.39, 0.29) is 58.7 Å². The van der Waals surface area contributed by atoms with Gasteiger partial charge in [0.2, 0.25) is 0 Å². The number of fused-ring (bicyclic) bond motifs is 1. The Bertz CT molecular complexity index is 1730. The van der Waals surface area contributed by atoms with Gasteiger partial charge in [0, 0.05) is 36.5 Å². The van der Waals surface area contributed by atoms with Crippen LogP contribution < -0.4 is 10.4 Å². The summed E-state index contributed by atoms with van der Waals surface area (Å²) in [6.45, 7) is 1.23. The van der Waals surface area contributed by atoms with Crippen molar-refractivity contribution in [1.29, 1.82) is 0 Å². The number of alkyl halides is 1. The molecule has 12 heteroatoms. The summed E-state index contributed by atoms with van der Waals surface area (Å²) in [6.07, 6.45) is -0.190. The van der Waals surface area contributed by atoms with Crippen LogP contribution in [0.25, 0.3) is 10.9 Å². The first kappa shape index (κ1) is 30.7. The summed E-state index contributed by atoms with van der Waals surface area (Å²) in [4.78, 5) is 53.0. The van der Waals surface area contributed by atoms with E-state index in [9.17, 15) is 24.4 Å². The van der Waals surface area contributed by atoms with Crippen molar-refractivity contribution in [2.24, 2.45) is 0 Å². The molecule has 3 aromatic carbocycles. The summed E-state index contributed by atoms with van der Waals surface area (Å²) in [5.74, 6) is -3.58. The molecule has 228 valence electrons. The molecule has 10 nitrogen and oxygen atoms in total. The van der Waals surface area contributed by atoms with Gasteiger partial charge in [0.1, 0.15) is 6.61 Å². The van der Waals surface area contributed by atoms with E-state index in [1.165, 1.54) is 17.9 Å². The predicted octanol–water partition coefficient (Wildman–Crippen LogP) is 6.84. The maximum Gasteiger partial charge on any atom is 0.517 e. The number of halogens is 2. The number of amides is 1. The number of ketones is 1. The normalized spacial score (nSPS) is 16.4. The first-order chi connectivity index (χ1) is 21.1. The maximum absolute atomic E-state index is 17.2. The SMILES string of the molecule is CC(=O)c1cn(C(=O)OC(=O)OCc2ccccc2)c2cc(Cl)c(C(=O)NO)c(N3CCCCC3(F)Cc3ccccc3)c12. The monoisotopic (exact) mass is 621 g/mol. The number of hydrogen-bond acceptors (Lipinski definition) is 8. The summed E-state index contributed by atoms with van der Waals surface area (Å²) < 4.78 is 28.0. The van der Waals surface area contributed by atoms with Crippen molar-refractivity contribution >= 4 is 52.1 Å². The van der Waals surface area contributed by atoms with Gasteiger partial charge in [-0.15, -0.1) is 0 Å². The minimum absolute atomic E-state index is 0.0156. The largest absolute Gasteiger partial charge is 0.517 e. The lowest BCUT2D eigenvalue weighted by atomic mass is 9.90. The number of nitrogens with zero attached hydrogens (tertiary/aromatic N) is 2. The lowest BCUT2D eigenvalue weighted by Gasteiger charge is -2.44. The van der Waals surface area contributed by atoms with Crippen LogP contribution in [0.15, 0.2) is 72.9 Å².